The molecule has 4 heteroatoms. The number of hydrogen-bond donors (Lipinski definition) is 2. The molecule has 1 aliphatic carbocycles. The molecule has 0 radical (unpaired) electrons. The van der Waals surface area contributed by atoms with Crippen LogP contribution in [0.4, 0.5) is 0 Å². The van der Waals surface area contributed by atoms with Crippen molar-refractivity contribution in [1.82, 2.24) is 5.32 Å². The van der Waals surface area contributed by atoms with Gasteiger partial charge < -0.3 is 5.11 Å². The van der Waals surface area contributed by atoms with Gasteiger partial charge in [-0.3, -0.25) is 14.9 Å². The van der Waals surface area contributed by atoms with Crippen molar-refractivity contribution in [1.29, 1.82) is 0 Å². The maximum atomic E-state index is 11.2. The topological polar surface area (TPSA) is 66.4 Å². The number of fused-ring (bicyclic) bond motifs is 3. The van der Waals surface area contributed by atoms with E-state index in [9.17, 15) is 14.7 Å². The van der Waals surface area contributed by atoms with Crippen molar-refractivity contribution < 1.29 is 14.7 Å². The zero-order valence-corrected chi connectivity index (χ0v) is 14.5. The van der Waals surface area contributed by atoms with Crippen molar-refractivity contribution >= 4 is 17.4 Å². The van der Waals surface area contributed by atoms with E-state index in [1.165, 1.54) is 22.3 Å². The van der Waals surface area contributed by atoms with Crippen molar-refractivity contribution in [3.8, 4) is 11.1 Å². The van der Waals surface area contributed by atoms with Crippen LogP contribution in [-0.2, 0) is 16.0 Å². The standard InChI is InChI=1S/C13H10.C10H7NO3/c1-3-7-12-10(5-1)9-11-6-2-4-8-13(11)12;12-8-7(9(13)11-10(8)14)6-4-2-1-3-5-6/h1-8H,9H2;1-5H,(H2,11,12,13,14). The van der Waals surface area contributed by atoms with Crippen LogP contribution in [0.15, 0.2) is 84.6 Å². The Labute approximate surface area is 156 Å². The first-order valence-corrected chi connectivity index (χ1v) is 8.65. The van der Waals surface area contributed by atoms with Gasteiger partial charge in [0, 0.05) is 0 Å². The summed E-state index contributed by atoms with van der Waals surface area (Å²) in [5.41, 5.74) is 6.33. The summed E-state index contributed by atoms with van der Waals surface area (Å²) in [6.07, 6.45) is 1.10. The molecule has 27 heavy (non-hydrogen) atoms. The number of carbonyl (C=O) groups is 2. The van der Waals surface area contributed by atoms with Gasteiger partial charge in [-0.2, -0.15) is 0 Å². The Balaban J connectivity index is 0.000000134. The van der Waals surface area contributed by atoms with Gasteiger partial charge in [-0.15, -0.1) is 0 Å². The number of nitrogens with one attached hydrogen (secondary N) is 1. The highest BCUT2D eigenvalue weighted by Gasteiger charge is 2.30. The van der Waals surface area contributed by atoms with Gasteiger partial charge in [0.15, 0.2) is 5.76 Å². The molecule has 0 spiro atoms. The van der Waals surface area contributed by atoms with Gasteiger partial charge in [0.1, 0.15) is 0 Å². The first-order valence-electron chi connectivity index (χ1n) is 8.65. The fraction of sp³-hybridized carbons (Fsp3) is 0.0435. The number of aliphatic hydroxyl groups excluding tert-OH is 1. The number of benzene rings is 3. The van der Waals surface area contributed by atoms with E-state index in [0.29, 0.717) is 5.56 Å². The smallest absolute Gasteiger partial charge is 0.293 e. The van der Waals surface area contributed by atoms with E-state index >= 15 is 0 Å². The van der Waals surface area contributed by atoms with Crippen LogP contribution in [0.3, 0.4) is 0 Å². The molecule has 1 aliphatic heterocycles. The molecule has 2 N–H and O–H groups in total. The molecule has 0 saturated heterocycles. The molecule has 0 fully saturated rings. The predicted molar refractivity (Wildman–Crippen MR) is 104 cm³/mol. The molecule has 4 nitrogen and oxygen atoms in total. The number of rotatable bonds is 1. The van der Waals surface area contributed by atoms with Crippen LogP contribution in [-0.4, -0.2) is 16.9 Å². The van der Waals surface area contributed by atoms with Crippen molar-refractivity contribution in [2.24, 2.45) is 0 Å². The SMILES string of the molecule is O=C1NC(=O)C(c2ccccc2)=C1O.c1ccc2c(c1)Cc1ccccc1-2. The highest BCUT2D eigenvalue weighted by molar-refractivity contribution is 6.35. The van der Waals surface area contributed by atoms with E-state index in [0.717, 1.165) is 6.42 Å². The normalized spacial score (nSPS) is 14.2. The van der Waals surface area contributed by atoms with Crippen LogP contribution in [0.1, 0.15) is 16.7 Å². The fourth-order valence-electron chi connectivity index (χ4n) is 3.40. The average molecular weight is 355 g/mol. The molecule has 3 aromatic carbocycles. The summed E-state index contributed by atoms with van der Waals surface area (Å²) < 4.78 is 0. The third-order valence-electron chi connectivity index (χ3n) is 4.67. The first-order chi connectivity index (χ1) is 13.1. The van der Waals surface area contributed by atoms with Crippen LogP contribution in [0.2, 0.25) is 0 Å². The van der Waals surface area contributed by atoms with Crippen molar-refractivity contribution in [3.05, 3.63) is 101 Å². The number of carbonyl (C=O) groups excluding carboxylic acids is 2. The van der Waals surface area contributed by atoms with Crippen LogP contribution < -0.4 is 5.32 Å². The fourth-order valence-corrected chi connectivity index (χ4v) is 3.40. The molecule has 0 bridgehead atoms. The quantitative estimate of drug-likeness (QED) is 0.510. The summed E-state index contributed by atoms with van der Waals surface area (Å²) in [6, 6.07) is 25.9. The summed E-state index contributed by atoms with van der Waals surface area (Å²) in [4.78, 5) is 22.2. The van der Waals surface area contributed by atoms with Gasteiger partial charge in [-0.05, 0) is 34.2 Å². The lowest BCUT2D eigenvalue weighted by Gasteiger charge is -1.98. The third-order valence-corrected chi connectivity index (χ3v) is 4.67. The molecule has 0 saturated carbocycles. The summed E-state index contributed by atoms with van der Waals surface area (Å²) in [6.45, 7) is 0. The Morgan fingerprint density at radius 2 is 1.19 bits per heavy atom. The largest absolute Gasteiger partial charge is 0.502 e. The minimum Gasteiger partial charge on any atom is -0.502 e. The summed E-state index contributed by atoms with van der Waals surface area (Å²) in [5.74, 6) is -1.81. The Morgan fingerprint density at radius 1 is 0.667 bits per heavy atom. The minimum atomic E-state index is -0.742. The molecule has 0 atom stereocenters. The maximum absolute atomic E-state index is 11.2. The average Bonchev–Trinajstić information content (AvgIpc) is 3.19. The predicted octanol–water partition coefficient (Wildman–Crippen LogP) is 3.87. The van der Waals surface area contributed by atoms with Crippen molar-refractivity contribution in [2.45, 2.75) is 6.42 Å². The molecule has 3 aromatic rings. The van der Waals surface area contributed by atoms with Gasteiger partial charge in [-0.1, -0.05) is 78.9 Å². The molecule has 5 rings (SSSR count). The Morgan fingerprint density at radius 3 is 1.70 bits per heavy atom. The second-order valence-electron chi connectivity index (χ2n) is 6.36. The van der Waals surface area contributed by atoms with E-state index in [4.69, 9.17) is 0 Å². The highest BCUT2D eigenvalue weighted by Crippen LogP contribution is 2.35. The van der Waals surface area contributed by atoms with Crippen LogP contribution in [0, 0.1) is 0 Å². The summed E-state index contributed by atoms with van der Waals surface area (Å²) in [5, 5.41) is 11.3. The second-order valence-corrected chi connectivity index (χ2v) is 6.36. The van der Waals surface area contributed by atoms with E-state index < -0.39 is 17.6 Å². The molecule has 1 heterocycles. The summed E-state index contributed by atoms with van der Waals surface area (Å²) in [7, 11) is 0. The van der Waals surface area contributed by atoms with Crippen molar-refractivity contribution in [2.75, 3.05) is 0 Å². The molecular weight excluding hydrogens is 338 g/mol. The lowest BCUT2D eigenvalue weighted by atomic mass is 10.1. The number of hydrogen-bond acceptors (Lipinski definition) is 3. The monoisotopic (exact) mass is 355 g/mol. The number of aliphatic hydroxyl groups is 1. The van der Waals surface area contributed by atoms with Crippen LogP contribution >= 0.6 is 0 Å². The molecule has 2 aliphatic rings. The van der Waals surface area contributed by atoms with Gasteiger partial charge >= 0.3 is 0 Å². The Kier molecular flexibility index (Phi) is 4.30. The lowest BCUT2D eigenvalue weighted by Crippen LogP contribution is -2.22. The highest BCUT2D eigenvalue weighted by atomic mass is 16.3. The number of imide groups is 1. The van der Waals surface area contributed by atoms with E-state index in [-0.39, 0.29) is 5.57 Å². The Hall–Kier alpha value is -3.66. The minimum absolute atomic E-state index is 0.0376. The molecule has 0 aromatic heterocycles. The molecule has 132 valence electrons. The maximum Gasteiger partial charge on any atom is 0.293 e. The molecule has 2 amide bonds. The van der Waals surface area contributed by atoms with Crippen molar-refractivity contribution in [3.63, 3.8) is 0 Å². The van der Waals surface area contributed by atoms with E-state index in [2.05, 4.69) is 48.5 Å². The third kappa shape index (κ3) is 3.13. The second kappa shape index (κ2) is 6.92. The Bertz CT molecular complexity index is 1020. The van der Waals surface area contributed by atoms with Gasteiger partial charge in [0.2, 0.25) is 0 Å². The van der Waals surface area contributed by atoms with Crippen LogP contribution in [0.5, 0.6) is 0 Å². The van der Waals surface area contributed by atoms with Gasteiger partial charge in [-0.25, -0.2) is 0 Å². The van der Waals surface area contributed by atoms with Gasteiger partial charge in [0.05, 0.1) is 5.57 Å². The zero-order valence-electron chi connectivity index (χ0n) is 14.5. The van der Waals surface area contributed by atoms with E-state index in [1.807, 2.05) is 5.32 Å². The first kappa shape index (κ1) is 16.8. The molecule has 0 unspecified atom stereocenters. The summed E-state index contributed by atoms with van der Waals surface area (Å²) >= 11 is 0. The van der Waals surface area contributed by atoms with Gasteiger partial charge in [0.25, 0.3) is 11.8 Å². The zero-order chi connectivity index (χ0) is 18.8. The number of amides is 2. The van der Waals surface area contributed by atoms with Crippen LogP contribution in [0.25, 0.3) is 16.7 Å². The van der Waals surface area contributed by atoms with E-state index in [1.54, 1.807) is 30.3 Å². The molecular formula is C23H17NO3. The lowest BCUT2D eigenvalue weighted by molar-refractivity contribution is -0.124.